The van der Waals surface area contributed by atoms with E-state index >= 15 is 0 Å². The van der Waals surface area contributed by atoms with Crippen molar-refractivity contribution >= 4 is 5.97 Å². The molecule has 0 bridgehead atoms. The number of carboxylic acid groups (broad SMARTS) is 1. The van der Waals surface area contributed by atoms with Crippen LogP contribution in [0.3, 0.4) is 0 Å². The average Bonchev–Trinajstić information content (AvgIpc) is 2.32. The molecule has 1 aliphatic heterocycles. The first kappa shape index (κ1) is 12.1. The molecule has 4 heteroatoms. The Bertz CT molecular complexity index is 398. The van der Waals surface area contributed by atoms with Crippen LogP contribution in [0.5, 0.6) is 0 Å². The predicted octanol–water partition coefficient (Wildman–Crippen LogP) is 1.31. The number of piperidine rings is 1. The van der Waals surface area contributed by atoms with Crippen LogP contribution >= 0.6 is 0 Å². The maximum atomic E-state index is 10.9. The third-order valence-corrected chi connectivity index (χ3v) is 3.21. The molecule has 3 N–H and O–H groups in total. The van der Waals surface area contributed by atoms with E-state index in [4.69, 9.17) is 10.8 Å². The van der Waals surface area contributed by atoms with Crippen molar-refractivity contribution in [1.82, 2.24) is 4.90 Å². The van der Waals surface area contributed by atoms with Gasteiger partial charge in [-0.15, -0.1) is 0 Å². The summed E-state index contributed by atoms with van der Waals surface area (Å²) >= 11 is 0. The number of benzene rings is 1. The molecule has 0 aromatic heterocycles. The van der Waals surface area contributed by atoms with Gasteiger partial charge >= 0.3 is 5.97 Å². The molecule has 0 amide bonds. The molecule has 1 aromatic carbocycles. The van der Waals surface area contributed by atoms with E-state index in [9.17, 15) is 4.79 Å². The van der Waals surface area contributed by atoms with Crippen LogP contribution in [0.4, 0.5) is 0 Å². The number of likely N-dealkylation sites (tertiary alicyclic amines) is 1. The first-order valence-electron chi connectivity index (χ1n) is 5.95. The lowest BCUT2D eigenvalue weighted by atomic mass is 10.0. The SMILES string of the molecule is NC1CCN(Cc2cccc(C(=O)O)c2)CC1. The van der Waals surface area contributed by atoms with Gasteiger partial charge in [-0.05, 0) is 43.6 Å². The zero-order valence-electron chi connectivity index (χ0n) is 9.80. The first-order valence-corrected chi connectivity index (χ1v) is 5.95. The van der Waals surface area contributed by atoms with Gasteiger partial charge in [0, 0.05) is 12.6 Å². The number of nitrogens with two attached hydrogens (primary N) is 1. The molecule has 1 saturated heterocycles. The number of carbonyl (C=O) groups is 1. The zero-order chi connectivity index (χ0) is 12.3. The normalized spacial score (nSPS) is 18.2. The highest BCUT2D eigenvalue weighted by Gasteiger charge is 2.16. The number of aromatic carboxylic acids is 1. The first-order chi connectivity index (χ1) is 8.15. The number of hydrogen-bond acceptors (Lipinski definition) is 3. The van der Waals surface area contributed by atoms with Crippen molar-refractivity contribution in [2.45, 2.75) is 25.4 Å². The number of nitrogens with zero attached hydrogens (tertiary/aromatic N) is 1. The highest BCUT2D eigenvalue weighted by Crippen LogP contribution is 2.13. The highest BCUT2D eigenvalue weighted by molar-refractivity contribution is 5.87. The Hall–Kier alpha value is -1.39. The van der Waals surface area contributed by atoms with Crippen LogP contribution in [-0.4, -0.2) is 35.1 Å². The molecule has 1 aliphatic rings. The summed E-state index contributed by atoms with van der Waals surface area (Å²) in [5, 5.41) is 8.92. The summed E-state index contributed by atoms with van der Waals surface area (Å²) in [5.74, 6) is -0.868. The Balaban J connectivity index is 1.98. The van der Waals surface area contributed by atoms with E-state index in [1.165, 1.54) is 0 Å². The van der Waals surface area contributed by atoms with E-state index in [2.05, 4.69) is 4.90 Å². The lowest BCUT2D eigenvalue weighted by Gasteiger charge is -2.30. The lowest BCUT2D eigenvalue weighted by Crippen LogP contribution is -2.39. The van der Waals surface area contributed by atoms with Crippen molar-refractivity contribution in [3.05, 3.63) is 35.4 Å². The Morgan fingerprint density at radius 2 is 2.12 bits per heavy atom. The Kier molecular flexibility index (Phi) is 3.76. The maximum Gasteiger partial charge on any atom is 0.335 e. The summed E-state index contributed by atoms with van der Waals surface area (Å²) < 4.78 is 0. The van der Waals surface area contributed by atoms with Crippen LogP contribution < -0.4 is 5.73 Å². The van der Waals surface area contributed by atoms with Crippen molar-refractivity contribution < 1.29 is 9.90 Å². The second-order valence-electron chi connectivity index (χ2n) is 4.62. The van der Waals surface area contributed by atoms with E-state index in [1.54, 1.807) is 18.2 Å². The van der Waals surface area contributed by atoms with E-state index < -0.39 is 5.97 Å². The minimum atomic E-state index is -0.868. The summed E-state index contributed by atoms with van der Waals surface area (Å²) in [6.45, 7) is 2.81. The van der Waals surface area contributed by atoms with E-state index in [1.807, 2.05) is 6.07 Å². The summed E-state index contributed by atoms with van der Waals surface area (Å²) in [6, 6.07) is 7.47. The fourth-order valence-electron chi connectivity index (χ4n) is 2.17. The highest BCUT2D eigenvalue weighted by atomic mass is 16.4. The molecule has 2 rings (SSSR count). The van der Waals surface area contributed by atoms with Crippen LogP contribution in [-0.2, 0) is 6.54 Å². The van der Waals surface area contributed by atoms with Gasteiger partial charge in [0.1, 0.15) is 0 Å². The second kappa shape index (κ2) is 5.29. The summed E-state index contributed by atoms with van der Waals surface area (Å²) in [5.41, 5.74) is 7.26. The summed E-state index contributed by atoms with van der Waals surface area (Å²) in [6.07, 6.45) is 2.05. The number of hydrogen-bond donors (Lipinski definition) is 2. The molecule has 17 heavy (non-hydrogen) atoms. The van der Waals surface area contributed by atoms with E-state index in [0.717, 1.165) is 38.0 Å². The summed E-state index contributed by atoms with van der Waals surface area (Å²) in [4.78, 5) is 13.2. The minimum Gasteiger partial charge on any atom is -0.478 e. The van der Waals surface area contributed by atoms with E-state index in [-0.39, 0.29) is 0 Å². The van der Waals surface area contributed by atoms with Gasteiger partial charge in [-0.3, -0.25) is 4.90 Å². The molecule has 4 nitrogen and oxygen atoms in total. The molecule has 0 radical (unpaired) electrons. The molecule has 1 aromatic rings. The van der Waals surface area contributed by atoms with Crippen LogP contribution in [0, 0.1) is 0 Å². The smallest absolute Gasteiger partial charge is 0.335 e. The van der Waals surface area contributed by atoms with Crippen molar-refractivity contribution in [3.63, 3.8) is 0 Å². The van der Waals surface area contributed by atoms with Crippen LogP contribution in [0.15, 0.2) is 24.3 Å². The van der Waals surface area contributed by atoms with Gasteiger partial charge in [0.25, 0.3) is 0 Å². The second-order valence-corrected chi connectivity index (χ2v) is 4.62. The molecular weight excluding hydrogens is 216 g/mol. The largest absolute Gasteiger partial charge is 0.478 e. The van der Waals surface area contributed by atoms with Gasteiger partial charge < -0.3 is 10.8 Å². The van der Waals surface area contributed by atoms with Crippen molar-refractivity contribution in [2.75, 3.05) is 13.1 Å². The molecular formula is C13H18N2O2. The van der Waals surface area contributed by atoms with Crippen molar-refractivity contribution in [1.29, 1.82) is 0 Å². The molecule has 92 valence electrons. The molecule has 1 heterocycles. The fourth-order valence-corrected chi connectivity index (χ4v) is 2.17. The zero-order valence-corrected chi connectivity index (χ0v) is 9.80. The van der Waals surface area contributed by atoms with E-state index in [0.29, 0.717) is 11.6 Å². The third kappa shape index (κ3) is 3.28. The Labute approximate surface area is 101 Å². The van der Waals surface area contributed by atoms with Gasteiger partial charge in [0.2, 0.25) is 0 Å². The van der Waals surface area contributed by atoms with Gasteiger partial charge in [-0.2, -0.15) is 0 Å². The summed E-state index contributed by atoms with van der Waals surface area (Å²) in [7, 11) is 0. The molecule has 0 atom stereocenters. The molecule has 0 spiro atoms. The lowest BCUT2D eigenvalue weighted by molar-refractivity contribution is 0.0696. The quantitative estimate of drug-likeness (QED) is 0.827. The number of carboxylic acids is 1. The maximum absolute atomic E-state index is 10.9. The number of rotatable bonds is 3. The predicted molar refractivity (Wildman–Crippen MR) is 65.9 cm³/mol. The van der Waals surface area contributed by atoms with Gasteiger partial charge in [-0.25, -0.2) is 4.79 Å². The monoisotopic (exact) mass is 234 g/mol. The van der Waals surface area contributed by atoms with Crippen molar-refractivity contribution in [2.24, 2.45) is 5.73 Å². The van der Waals surface area contributed by atoms with Crippen LogP contribution in [0.25, 0.3) is 0 Å². The van der Waals surface area contributed by atoms with Crippen molar-refractivity contribution in [3.8, 4) is 0 Å². The fraction of sp³-hybridized carbons (Fsp3) is 0.462. The molecule has 0 aliphatic carbocycles. The van der Waals surface area contributed by atoms with Crippen LogP contribution in [0.2, 0.25) is 0 Å². The van der Waals surface area contributed by atoms with Gasteiger partial charge in [-0.1, -0.05) is 12.1 Å². The molecule has 1 fully saturated rings. The Morgan fingerprint density at radius 1 is 1.41 bits per heavy atom. The Morgan fingerprint density at radius 3 is 2.76 bits per heavy atom. The standard InChI is InChI=1S/C13H18N2O2/c14-12-4-6-15(7-5-12)9-10-2-1-3-11(8-10)13(16)17/h1-3,8,12H,4-7,9,14H2,(H,16,17). The average molecular weight is 234 g/mol. The third-order valence-electron chi connectivity index (χ3n) is 3.21. The molecule has 0 unspecified atom stereocenters. The topological polar surface area (TPSA) is 66.6 Å². The molecule has 0 saturated carbocycles. The van der Waals surface area contributed by atoms with Crippen LogP contribution in [0.1, 0.15) is 28.8 Å². The minimum absolute atomic E-state index is 0.330. The van der Waals surface area contributed by atoms with Gasteiger partial charge in [0.15, 0.2) is 0 Å². The van der Waals surface area contributed by atoms with Gasteiger partial charge in [0.05, 0.1) is 5.56 Å².